The Bertz CT molecular complexity index is 571. The minimum absolute atomic E-state index is 0.372. The summed E-state index contributed by atoms with van der Waals surface area (Å²) in [5.74, 6) is 2.15. The highest BCUT2D eigenvalue weighted by atomic mass is 32.1. The third kappa shape index (κ3) is 3.09. The summed E-state index contributed by atoms with van der Waals surface area (Å²) >= 11 is 1.79. The number of hydrogen-bond donors (Lipinski definition) is 2. The zero-order valence-electron chi connectivity index (χ0n) is 13.6. The van der Waals surface area contributed by atoms with E-state index >= 15 is 0 Å². The molecule has 1 saturated heterocycles. The van der Waals surface area contributed by atoms with E-state index < -0.39 is 0 Å². The molecule has 1 aromatic rings. The maximum atomic E-state index is 8.59. The van der Waals surface area contributed by atoms with Gasteiger partial charge in [0.2, 0.25) is 0 Å². The standard InChI is InChI=1S/C17H26N4S/c1-11-16(22-12(2)20-11)14-8-9-15(18)21(10-14)17(19)13-6-4-3-5-7-13/h13-14,18-19H,3-10H2,1-2H3. The summed E-state index contributed by atoms with van der Waals surface area (Å²) < 4.78 is 0. The highest BCUT2D eigenvalue weighted by Gasteiger charge is 2.32. The van der Waals surface area contributed by atoms with Crippen molar-refractivity contribution in [1.82, 2.24) is 9.88 Å². The van der Waals surface area contributed by atoms with Crippen LogP contribution in [0.2, 0.25) is 0 Å². The summed E-state index contributed by atoms with van der Waals surface area (Å²) in [7, 11) is 0. The first-order chi connectivity index (χ1) is 10.6. The largest absolute Gasteiger partial charge is 0.318 e. The molecule has 1 aromatic heterocycles. The normalized spacial score (nSPS) is 23.8. The van der Waals surface area contributed by atoms with E-state index in [1.54, 1.807) is 11.3 Å². The van der Waals surface area contributed by atoms with Gasteiger partial charge in [0.15, 0.2) is 0 Å². The summed E-state index contributed by atoms with van der Waals surface area (Å²) in [5.41, 5.74) is 1.14. The van der Waals surface area contributed by atoms with Crippen LogP contribution in [0, 0.1) is 30.6 Å². The van der Waals surface area contributed by atoms with Crippen LogP contribution in [0.1, 0.15) is 66.4 Å². The number of aryl methyl sites for hydroxylation is 2. The van der Waals surface area contributed by atoms with Gasteiger partial charge in [0.25, 0.3) is 0 Å². The Morgan fingerprint density at radius 2 is 1.91 bits per heavy atom. The average molecular weight is 318 g/mol. The zero-order chi connectivity index (χ0) is 15.7. The van der Waals surface area contributed by atoms with E-state index in [4.69, 9.17) is 10.8 Å². The third-order valence-corrected chi connectivity index (χ3v) is 6.29. The lowest BCUT2D eigenvalue weighted by Crippen LogP contribution is -2.45. The Labute approximate surface area is 137 Å². The van der Waals surface area contributed by atoms with Crippen molar-refractivity contribution in [2.45, 2.75) is 64.7 Å². The number of hydrogen-bond acceptors (Lipinski definition) is 4. The van der Waals surface area contributed by atoms with E-state index in [9.17, 15) is 0 Å². The molecule has 4 nitrogen and oxygen atoms in total. The molecule has 0 radical (unpaired) electrons. The Morgan fingerprint density at radius 1 is 1.18 bits per heavy atom. The number of thiazole rings is 1. The number of likely N-dealkylation sites (tertiary alicyclic amines) is 1. The van der Waals surface area contributed by atoms with Crippen molar-refractivity contribution in [3.05, 3.63) is 15.6 Å². The fraction of sp³-hybridized carbons (Fsp3) is 0.706. The van der Waals surface area contributed by atoms with E-state index in [0.717, 1.165) is 42.9 Å². The number of nitrogens with one attached hydrogen (secondary N) is 2. The van der Waals surface area contributed by atoms with Crippen LogP contribution in [-0.2, 0) is 0 Å². The lowest BCUT2D eigenvalue weighted by Gasteiger charge is -2.38. The Balaban J connectivity index is 1.74. The van der Waals surface area contributed by atoms with Crippen molar-refractivity contribution in [2.75, 3.05) is 6.54 Å². The molecule has 3 rings (SSSR count). The van der Waals surface area contributed by atoms with Crippen LogP contribution < -0.4 is 0 Å². The van der Waals surface area contributed by atoms with E-state index in [0.29, 0.717) is 23.5 Å². The first-order valence-corrected chi connectivity index (χ1v) is 9.25. The fourth-order valence-corrected chi connectivity index (χ4v) is 4.90. The van der Waals surface area contributed by atoms with E-state index in [-0.39, 0.29) is 0 Å². The molecule has 2 aliphatic rings. The summed E-state index contributed by atoms with van der Waals surface area (Å²) in [5, 5.41) is 18.0. The van der Waals surface area contributed by atoms with E-state index in [1.807, 2.05) is 4.90 Å². The summed E-state index contributed by atoms with van der Waals surface area (Å²) in [6.07, 6.45) is 7.86. The van der Waals surface area contributed by atoms with Gasteiger partial charge in [-0.05, 0) is 33.1 Å². The van der Waals surface area contributed by atoms with Crippen molar-refractivity contribution >= 4 is 23.0 Å². The number of piperidine rings is 1. The van der Waals surface area contributed by atoms with Gasteiger partial charge >= 0.3 is 0 Å². The molecule has 1 unspecified atom stereocenters. The zero-order valence-corrected chi connectivity index (χ0v) is 14.4. The summed E-state index contributed by atoms with van der Waals surface area (Å²) in [4.78, 5) is 7.92. The first-order valence-electron chi connectivity index (χ1n) is 8.43. The Hall–Kier alpha value is -1.23. The Kier molecular flexibility index (Phi) is 4.62. The molecule has 0 aromatic carbocycles. The molecular formula is C17H26N4S. The number of nitrogens with zero attached hydrogens (tertiary/aromatic N) is 2. The molecule has 22 heavy (non-hydrogen) atoms. The van der Waals surface area contributed by atoms with E-state index in [2.05, 4.69) is 18.8 Å². The molecule has 0 amide bonds. The van der Waals surface area contributed by atoms with Gasteiger partial charge in [0.05, 0.1) is 10.7 Å². The molecular weight excluding hydrogens is 292 g/mol. The number of aromatic nitrogens is 1. The van der Waals surface area contributed by atoms with Gasteiger partial charge in [-0.25, -0.2) is 4.98 Å². The molecule has 1 aliphatic heterocycles. The van der Waals surface area contributed by atoms with Gasteiger partial charge in [-0.15, -0.1) is 11.3 Å². The second kappa shape index (κ2) is 6.49. The van der Waals surface area contributed by atoms with Gasteiger partial charge in [-0.1, -0.05) is 19.3 Å². The van der Waals surface area contributed by atoms with Gasteiger partial charge in [-0.3, -0.25) is 10.8 Å². The molecule has 2 heterocycles. The van der Waals surface area contributed by atoms with Crippen LogP contribution in [0.3, 0.4) is 0 Å². The SMILES string of the molecule is Cc1nc(C)c(C2CCC(=N)N(C(=N)C3CCCCC3)C2)s1. The predicted molar refractivity (Wildman–Crippen MR) is 92.3 cm³/mol. The van der Waals surface area contributed by atoms with Crippen molar-refractivity contribution in [3.63, 3.8) is 0 Å². The monoisotopic (exact) mass is 318 g/mol. The van der Waals surface area contributed by atoms with Crippen LogP contribution in [0.15, 0.2) is 0 Å². The molecule has 2 N–H and O–H groups in total. The summed E-state index contributed by atoms with van der Waals surface area (Å²) in [6, 6.07) is 0. The molecule has 2 fully saturated rings. The van der Waals surface area contributed by atoms with Crippen LogP contribution in [0.4, 0.5) is 0 Å². The van der Waals surface area contributed by atoms with Gasteiger partial charge in [0, 0.05) is 29.7 Å². The lowest BCUT2D eigenvalue weighted by atomic mass is 9.86. The highest BCUT2D eigenvalue weighted by Crippen LogP contribution is 2.35. The third-order valence-electron chi connectivity index (χ3n) is 5.05. The van der Waals surface area contributed by atoms with Gasteiger partial charge in [0.1, 0.15) is 11.7 Å². The van der Waals surface area contributed by atoms with Crippen LogP contribution in [0.25, 0.3) is 0 Å². The molecule has 120 valence electrons. The quantitative estimate of drug-likeness (QED) is 0.624. The first kappa shape index (κ1) is 15.7. The van der Waals surface area contributed by atoms with Crippen LogP contribution in [0.5, 0.6) is 0 Å². The van der Waals surface area contributed by atoms with Crippen molar-refractivity contribution < 1.29 is 0 Å². The molecule has 0 spiro atoms. The van der Waals surface area contributed by atoms with Crippen LogP contribution in [-0.4, -0.2) is 28.1 Å². The topological polar surface area (TPSA) is 63.8 Å². The second-order valence-corrected chi connectivity index (χ2v) is 7.93. The van der Waals surface area contributed by atoms with Crippen molar-refractivity contribution in [2.24, 2.45) is 5.92 Å². The highest BCUT2D eigenvalue weighted by molar-refractivity contribution is 7.11. The summed E-state index contributed by atoms with van der Waals surface area (Å²) in [6.45, 7) is 4.96. The minimum Gasteiger partial charge on any atom is -0.318 e. The van der Waals surface area contributed by atoms with Crippen molar-refractivity contribution in [3.8, 4) is 0 Å². The predicted octanol–water partition coefficient (Wildman–Crippen LogP) is 4.47. The molecule has 1 saturated carbocycles. The Morgan fingerprint density at radius 3 is 2.55 bits per heavy atom. The van der Waals surface area contributed by atoms with Crippen LogP contribution >= 0.6 is 11.3 Å². The van der Waals surface area contributed by atoms with E-state index in [1.165, 1.54) is 24.1 Å². The lowest BCUT2D eigenvalue weighted by molar-refractivity contribution is 0.380. The van der Waals surface area contributed by atoms with Crippen molar-refractivity contribution in [1.29, 1.82) is 10.8 Å². The number of rotatable bonds is 2. The molecule has 1 aliphatic carbocycles. The molecule has 5 heteroatoms. The average Bonchev–Trinajstić information content (AvgIpc) is 2.86. The van der Waals surface area contributed by atoms with Gasteiger partial charge < -0.3 is 4.90 Å². The molecule has 1 atom stereocenters. The maximum absolute atomic E-state index is 8.59. The second-order valence-electron chi connectivity index (χ2n) is 6.70. The van der Waals surface area contributed by atoms with Gasteiger partial charge in [-0.2, -0.15) is 0 Å². The number of amidine groups is 2. The molecule has 0 bridgehead atoms. The smallest absolute Gasteiger partial charge is 0.104 e. The maximum Gasteiger partial charge on any atom is 0.104 e. The fourth-order valence-electron chi connectivity index (χ4n) is 3.85. The minimum atomic E-state index is 0.372.